The average molecular weight is 334 g/mol. The number of carbonyl (C=O) groups excluding carboxylic acids is 2. The lowest BCUT2D eigenvalue weighted by Gasteiger charge is -2.18. The van der Waals surface area contributed by atoms with Crippen LogP contribution in [-0.4, -0.2) is 47.4 Å². The van der Waals surface area contributed by atoms with Crippen molar-refractivity contribution in [2.24, 2.45) is 0 Å². The van der Waals surface area contributed by atoms with Gasteiger partial charge in [0.15, 0.2) is 0 Å². The van der Waals surface area contributed by atoms with Crippen molar-refractivity contribution < 1.29 is 19.5 Å². The highest BCUT2D eigenvalue weighted by Gasteiger charge is 2.10. The van der Waals surface area contributed by atoms with E-state index in [1.54, 1.807) is 17.0 Å². The standard InChI is InChI=1S/C18H26N2O4/c1-3-20(4-2)17(22)10-6-9-16(21)19-12-11-14-7-5-8-15(13-14)18(23)24/h5,7-8,13H,3-4,6,9-12H2,1-2H3,(H,19,21)(H,23,24). The number of aromatic carboxylic acids is 1. The normalized spacial score (nSPS) is 10.2. The number of nitrogens with one attached hydrogen (secondary N) is 1. The monoisotopic (exact) mass is 334 g/mol. The van der Waals surface area contributed by atoms with Crippen molar-refractivity contribution in [3.63, 3.8) is 0 Å². The molecule has 24 heavy (non-hydrogen) atoms. The molecule has 0 atom stereocenters. The third-order valence-corrected chi connectivity index (χ3v) is 3.82. The van der Waals surface area contributed by atoms with E-state index in [0.717, 1.165) is 5.56 Å². The molecule has 2 amide bonds. The van der Waals surface area contributed by atoms with E-state index in [0.29, 0.717) is 45.3 Å². The van der Waals surface area contributed by atoms with Crippen molar-refractivity contribution in [3.8, 4) is 0 Å². The van der Waals surface area contributed by atoms with Gasteiger partial charge in [-0.25, -0.2) is 4.79 Å². The minimum absolute atomic E-state index is 0.0817. The Kier molecular flexibility index (Phi) is 8.54. The minimum atomic E-state index is -0.959. The van der Waals surface area contributed by atoms with Gasteiger partial charge < -0.3 is 15.3 Å². The smallest absolute Gasteiger partial charge is 0.335 e. The Morgan fingerprint density at radius 3 is 2.46 bits per heavy atom. The van der Waals surface area contributed by atoms with Crippen molar-refractivity contribution in [2.75, 3.05) is 19.6 Å². The SMILES string of the molecule is CCN(CC)C(=O)CCCC(=O)NCCc1cccc(C(=O)O)c1. The van der Waals surface area contributed by atoms with Gasteiger partial charge in [-0.15, -0.1) is 0 Å². The van der Waals surface area contributed by atoms with Gasteiger partial charge in [-0.1, -0.05) is 12.1 Å². The number of benzene rings is 1. The summed E-state index contributed by atoms with van der Waals surface area (Å²) in [6.07, 6.45) is 1.82. The van der Waals surface area contributed by atoms with E-state index in [1.165, 1.54) is 6.07 Å². The van der Waals surface area contributed by atoms with Crippen LogP contribution in [0, 0.1) is 0 Å². The van der Waals surface area contributed by atoms with Gasteiger partial charge in [0.1, 0.15) is 0 Å². The van der Waals surface area contributed by atoms with E-state index < -0.39 is 5.97 Å². The number of nitrogens with zero attached hydrogens (tertiary/aromatic N) is 1. The number of amides is 2. The van der Waals surface area contributed by atoms with E-state index in [2.05, 4.69) is 5.32 Å². The summed E-state index contributed by atoms with van der Waals surface area (Å²) < 4.78 is 0. The minimum Gasteiger partial charge on any atom is -0.478 e. The van der Waals surface area contributed by atoms with Gasteiger partial charge in [0.25, 0.3) is 0 Å². The summed E-state index contributed by atoms with van der Waals surface area (Å²) in [5.74, 6) is -0.964. The number of rotatable bonds is 10. The predicted molar refractivity (Wildman–Crippen MR) is 91.9 cm³/mol. The summed E-state index contributed by atoms with van der Waals surface area (Å²) in [4.78, 5) is 36.2. The first-order chi connectivity index (χ1) is 11.5. The molecule has 0 aliphatic carbocycles. The van der Waals surface area contributed by atoms with E-state index in [9.17, 15) is 14.4 Å². The first kappa shape index (κ1) is 19.7. The fraction of sp³-hybridized carbons (Fsp3) is 0.500. The van der Waals surface area contributed by atoms with E-state index >= 15 is 0 Å². The Hall–Kier alpha value is -2.37. The number of hydrogen-bond acceptors (Lipinski definition) is 3. The van der Waals surface area contributed by atoms with Crippen molar-refractivity contribution >= 4 is 17.8 Å². The zero-order valence-electron chi connectivity index (χ0n) is 14.4. The van der Waals surface area contributed by atoms with Crippen molar-refractivity contribution in [3.05, 3.63) is 35.4 Å². The quantitative estimate of drug-likeness (QED) is 0.686. The lowest BCUT2D eigenvalue weighted by molar-refractivity contribution is -0.131. The largest absolute Gasteiger partial charge is 0.478 e. The highest BCUT2D eigenvalue weighted by atomic mass is 16.4. The Labute approximate surface area is 142 Å². The molecule has 6 heteroatoms. The topological polar surface area (TPSA) is 86.7 Å². The van der Waals surface area contributed by atoms with Crippen molar-refractivity contribution in [1.82, 2.24) is 10.2 Å². The van der Waals surface area contributed by atoms with Gasteiger partial charge >= 0.3 is 5.97 Å². The van der Waals surface area contributed by atoms with E-state index in [1.807, 2.05) is 19.9 Å². The second-order valence-corrected chi connectivity index (χ2v) is 5.53. The maximum atomic E-state index is 11.8. The van der Waals surface area contributed by atoms with Crippen LogP contribution in [0.15, 0.2) is 24.3 Å². The summed E-state index contributed by atoms with van der Waals surface area (Å²) in [5, 5.41) is 11.7. The van der Waals surface area contributed by atoms with Gasteiger partial charge in [0.2, 0.25) is 11.8 Å². The number of carboxylic acid groups (broad SMARTS) is 1. The fourth-order valence-corrected chi connectivity index (χ4v) is 2.43. The van der Waals surface area contributed by atoms with Crippen LogP contribution in [0.3, 0.4) is 0 Å². The summed E-state index contributed by atoms with van der Waals surface area (Å²) in [7, 11) is 0. The Balaban J connectivity index is 2.26. The highest BCUT2D eigenvalue weighted by molar-refractivity contribution is 5.87. The summed E-state index contributed by atoms with van der Waals surface area (Å²) in [6.45, 7) is 5.71. The maximum absolute atomic E-state index is 11.8. The molecule has 132 valence electrons. The molecule has 1 aromatic carbocycles. The summed E-state index contributed by atoms with van der Waals surface area (Å²) in [6, 6.07) is 6.68. The zero-order chi connectivity index (χ0) is 17.9. The summed E-state index contributed by atoms with van der Waals surface area (Å²) in [5.41, 5.74) is 1.11. The molecule has 0 spiro atoms. The van der Waals surface area contributed by atoms with Crippen molar-refractivity contribution in [2.45, 2.75) is 39.5 Å². The molecule has 0 aromatic heterocycles. The van der Waals surface area contributed by atoms with Crippen LogP contribution in [0.1, 0.15) is 49.0 Å². The van der Waals surface area contributed by atoms with E-state index in [4.69, 9.17) is 5.11 Å². The second-order valence-electron chi connectivity index (χ2n) is 5.53. The predicted octanol–water partition coefficient (Wildman–Crippen LogP) is 2.08. The molecular weight excluding hydrogens is 308 g/mol. The molecular formula is C18H26N2O4. The molecule has 0 radical (unpaired) electrons. The first-order valence-corrected chi connectivity index (χ1v) is 8.34. The Morgan fingerprint density at radius 2 is 1.83 bits per heavy atom. The molecule has 0 aliphatic heterocycles. The van der Waals surface area contributed by atoms with E-state index in [-0.39, 0.29) is 17.4 Å². The molecule has 0 saturated heterocycles. The number of carboxylic acids is 1. The molecule has 1 rings (SSSR count). The first-order valence-electron chi connectivity index (χ1n) is 8.34. The number of carbonyl (C=O) groups is 3. The lowest BCUT2D eigenvalue weighted by atomic mass is 10.1. The van der Waals surface area contributed by atoms with Gasteiger partial charge in [-0.05, 0) is 44.4 Å². The van der Waals surface area contributed by atoms with Gasteiger partial charge in [-0.2, -0.15) is 0 Å². The van der Waals surface area contributed by atoms with Crippen LogP contribution < -0.4 is 5.32 Å². The summed E-state index contributed by atoms with van der Waals surface area (Å²) >= 11 is 0. The molecule has 0 heterocycles. The van der Waals surface area contributed by atoms with Crippen LogP contribution in [0.4, 0.5) is 0 Å². The Morgan fingerprint density at radius 1 is 1.12 bits per heavy atom. The molecule has 0 saturated carbocycles. The lowest BCUT2D eigenvalue weighted by Crippen LogP contribution is -2.31. The molecule has 2 N–H and O–H groups in total. The fourth-order valence-electron chi connectivity index (χ4n) is 2.43. The third kappa shape index (κ3) is 6.81. The zero-order valence-corrected chi connectivity index (χ0v) is 14.4. The molecule has 0 fully saturated rings. The second kappa shape index (κ2) is 10.4. The van der Waals surface area contributed by atoms with Gasteiger partial charge in [0.05, 0.1) is 5.56 Å². The molecule has 0 aliphatic rings. The van der Waals surface area contributed by atoms with Crippen LogP contribution in [-0.2, 0) is 16.0 Å². The molecule has 1 aromatic rings. The van der Waals surface area contributed by atoms with Gasteiger partial charge in [-0.3, -0.25) is 9.59 Å². The highest BCUT2D eigenvalue weighted by Crippen LogP contribution is 2.06. The molecule has 6 nitrogen and oxygen atoms in total. The molecule has 0 bridgehead atoms. The number of hydrogen-bond donors (Lipinski definition) is 2. The van der Waals surface area contributed by atoms with Crippen LogP contribution >= 0.6 is 0 Å². The Bertz CT molecular complexity index is 568. The van der Waals surface area contributed by atoms with Crippen LogP contribution in [0.25, 0.3) is 0 Å². The van der Waals surface area contributed by atoms with Crippen LogP contribution in [0.2, 0.25) is 0 Å². The molecule has 0 unspecified atom stereocenters. The van der Waals surface area contributed by atoms with Gasteiger partial charge in [0, 0.05) is 32.5 Å². The third-order valence-electron chi connectivity index (χ3n) is 3.82. The van der Waals surface area contributed by atoms with Crippen LogP contribution in [0.5, 0.6) is 0 Å². The van der Waals surface area contributed by atoms with Crippen molar-refractivity contribution in [1.29, 1.82) is 0 Å². The maximum Gasteiger partial charge on any atom is 0.335 e. The average Bonchev–Trinajstić information content (AvgIpc) is 2.56.